The van der Waals surface area contributed by atoms with Gasteiger partial charge in [0.1, 0.15) is 23.3 Å². The maximum atomic E-state index is 10.5. The van der Waals surface area contributed by atoms with Gasteiger partial charge in [-0.15, -0.1) is 0 Å². The van der Waals surface area contributed by atoms with E-state index < -0.39 is 17.7 Å². The van der Waals surface area contributed by atoms with Gasteiger partial charge in [-0.3, -0.25) is 0 Å². The van der Waals surface area contributed by atoms with E-state index in [4.69, 9.17) is 21.6 Å². The predicted molar refractivity (Wildman–Crippen MR) is 76.8 cm³/mol. The van der Waals surface area contributed by atoms with Gasteiger partial charge in [0.05, 0.1) is 6.04 Å². The summed E-state index contributed by atoms with van der Waals surface area (Å²) in [6.45, 7) is 5.28. The Kier molecular flexibility index (Phi) is 3.89. The van der Waals surface area contributed by atoms with Gasteiger partial charge < -0.3 is 15.2 Å². The molecule has 5 nitrogen and oxygen atoms in total. The summed E-state index contributed by atoms with van der Waals surface area (Å²) in [6, 6.07) is 4.81. The van der Waals surface area contributed by atoms with Gasteiger partial charge >= 0.3 is 0 Å². The Morgan fingerprint density at radius 1 is 1.55 bits per heavy atom. The summed E-state index contributed by atoms with van der Waals surface area (Å²) >= 11 is 6.01. The van der Waals surface area contributed by atoms with Crippen LogP contribution in [0.1, 0.15) is 32.4 Å². The molecule has 0 spiro atoms. The highest BCUT2D eigenvalue weighted by Crippen LogP contribution is 2.40. The number of benzene rings is 1. The Hall–Kier alpha value is -1.77. The number of halogens is 1. The van der Waals surface area contributed by atoms with Gasteiger partial charge in [0.25, 0.3) is 0 Å². The maximum Gasteiger partial charge on any atom is 0.207 e. The van der Waals surface area contributed by atoms with Crippen LogP contribution >= 0.6 is 11.6 Å². The zero-order chi connectivity index (χ0) is 14.9. The van der Waals surface area contributed by atoms with Crippen LogP contribution in [0.15, 0.2) is 23.2 Å². The Labute approximate surface area is 122 Å². The largest absolute Gasteiger partial charge is 0.485 e. The fraction of sp³-hybridized carbons (Fsp3) is 0.429. The van der Waals surface area contributed by atoms with Crippen molar-refractivity contribution in [2.75, 3.05) is 0 Å². The third kappa shape index (κ3) is 2.72. The molecule has 2 atom stereocenters. The Bertz CT molecular complexity index is 593. The fourth-order valence-electron chi connectivity index (χ4n) is 2.26. The van der Waals surface area contributed by atoms with Crippen LogP contribution in [0, 0.1) is 11.5 Å². The molecule has 0 radical (unpaired) electrons. The molecule has 0 fully saturated rings. The molecule has 1 aliphatic heterocycles. The molecule has 1 aliphatic rings. The molecule has 1 aromatic carbocycles. The van der Waals surface area contributed by atoms with Crippen molar-refractivity contribution in [2.45, 2.75) is 38.5 Å². The van der Waals surface area contributed by atoms with E-state index in [1.165, 1.54) is 0 Å². The number of fused-ring (bicyclic) bond motifs is 1. The van der Waals surface area contributed by atoms with Gasteiger partial charge in [0.15, 0.2) is 0 Å². The second-order valence-electron chi connectivity index (χ2n) is 5.25. The lowest BCUT2D eigenvalue weighted by molar-refractivity contribution is -0.0610. The van der Waals surface area contributed by atoms with Gasteiger partial charge in [-0.05, 0) is 39.0 Å². The van der Waals surface area contributed by atoms with Gasteiger partial charge in [-0.1, -0.05) is 11.6 Å². The smallest absolute Gasteiger partial charge is 0.207 e. The topological polar surface area (TPSA) is 77.6 Å². The highest BCUT2D eigenvalue weighted by atomic mass is 35.5. The minimum Gasteiger partial charge on any atom is -0.485 e. The number of amidine groups is 1. The number of nitrogens with one attached hydrogen (secondary N) is 1. The third-order valence-corrected chi connectivity index (χ3v) is 3.53. The van der Waals surface area contributed by atoms with Gasteiger partial charge in [0, 0.05) is 10.6 Å². The Morgan fingerprint density at radius 3 is 2.90 bits per heavy atom. The lowest BCUT2D eigenvalue weighted by Gasteiger charge is -2.42. The second kappa shape index (κ2) is 5.31. The lowest BCUT2D eigenvalue weighted by atomic mass is 9.86. The van der Waals surface area contributed by atoms with Crippen molar-refractivity contribution in [1.29, 1.82) is 5.26 Å². The molecule has 2 rings (SSSR count). The van der Waals surface area contributed by atoms with E-state index in [9.17, 15) is 5.11 Å². The molecule has 106 valence electrons. The van der Waals surface area contributed by atoms with Crippen molar-refractivity contribution in [3.63, 3.8) is 0 Å². The molecule has 0 aromatic heterocycles. The number of ether oxygens (including phenoxy) is 1. The van der Waals surface area contributed by atoms with Crippen molar-refractivity contribution in [3.8, 4) is 11.9 Å². The van der Waals surface area contributed by atoms with Crippen LogP contribution in [0.5, 0.6) is 5.75 Å². The van der Waals surface area contributed by atoms with E-state index in [2.05, 4.69) is 10.3 Å². The predicted octanol–water partition coefficient (Wildman–Crippen LogP) is 2.40. The number of aliphatic imine (C=N–C) groups is 1. The van der Waals surface area contributed by atoms with Crippen LogP contribution in [0.25, 0.3) is 0 Å². The van der Waals surface area contributed by atoms with Crippen LogP contribution in [-0.4, -0.2) is 22.6 Å². The van der Waals surface area contributed by atoms with Gasteiger partial charge in [0.2, 0.25) is 6.19 Å². The first-order valence-electron chi connectivity index (χ1n) is 6.21. The van der Waals surface area contributed by atoms with Crippen molar-refractivity contribution in [3.05, 3.63) is 28.8 Å². The molecule has 0 saturated heterocycles. The van der Waals surface area contributed by atoms with E-state index in [0.717, 1.165) is 5.56 Å². The summed E-state index contributed by atoms with van der Waals surface area (Å²) in [5, 5.41) is 22.7. The van der Waals surface area contributed by atoms with E-state index in [1.807, 2.05) is 0 Å². The molecule has 0 saturated carbocycles. The molecular weight excluding hydrogens is 278 g/mol. The monoisotopic (exact) mass is 293 g/mol. The Balaban J connectivity index is 2.45. The highest BCUT2D eigenvalue weighted by molar-refractivity contribution is 6.30. The minimum atomic E-state index is -0.808. The first kappa shape index (κ1) is 14.6. The molecule has 0 aliphatic carbocycles. The van der Waals surface area contributed by atoms with Crippen LogP contribution in [0.4, 0.5) is 0 Å². The summed E-state index contributed by atoms with van der Waals surface area (Å²) in [7, 11) is 0. The molecule has 1 heterocycles. The van der Waals surface area contributed by atoms with Gasteiger partial charge in [-0.25, -0.2) is 0 Å². The zero-order valence-electron chi connectivity index (χ0n) is 11.5. The van der Waals surface area contributed by atoms with Gasteiger partial charge in [-0.2, -0.15) is 10.3 Å². The van der Waals surface area contributed by atoms with Crippen molar-refractivity contribution < 1.29 is 9.84 Å². The fourth-order valence-corrected chi connectivity index (χ4v) is 2.44. The summed E-state index contributed by atoms with van der Waals surface area (Å²) in [6.07, 6.45) is 0.906. The average molecular weight is 294 g/mol. The van der Waals surface area contributed by atoms with Crippen molar-refractivity contribution in [1.82, 2.24) is 5.32 Å². The molecule has 0 amide bonds. The van der Waals surface area contributed by atoms with Crippen LogP contribution in [0.3, 0.4) is 0 Å². The summed E-state index contributed by atoms with van der Waals surface area (Å²) in [5.41, 5.74) is -0.0115. The number of nitrogens with zero attached hydrogens (tertiary/aromatic N) is 2. The summed E-state index contributed by atoms with van der Waals surface area (Å²) < 4.78 is 5.80. The van der Waals surface area contributed by atoms with Crippen LogP contribution in [-0.2, 0) is 0 Å². The van der Waals surface area contributed by atoms with E-state index >= 15 is 0 Å². The molecule has 1 aromatic rings. The molecular formula is C14H16ClN3O2. The maximum absolute atomic E-state index is 10.5. The average Bonchev–Trinajstić information content (AvgIpc) is 2.36. The van der Waals surface area contributed by atoms with Crippen LogP contribution < -0.4 is 10.1 Å². The number of hydrogen-bond acceptors (Lipinski definition) is 4. The van der Waals surface area contributed by atoms with Crippen molar-refractivity contribution in [2.24, 2.45) is 4.99 Å². The SMILES string of the molecule is CC(=NC#N)N[C@@H]1c2cc(Cl)ccc2OC(C)(C)[C@H]1O. The molecule has 0 bridgehead atoms. The molecule has 0 unspecified atom stereocenters. The van der Waals surface area contributed by atoms with Crippen molar-refractivity contribution >= 4 is 17.4 Å². The van der Waals surface area contributed by atoms with E-state index in [1.54, 1.807) is 45.2 Å². The minimum absolute atomic E-state index is 0.431. The first-order valence-corrected chi connectivity index (χ1v) is 6.59. The summed E-state index contributed by atoms with van der Waals surface area (Å²) in [4.78, 5) is 3.62. The second-order valence-corrected chi connectivity index (χ2v) is 5.69. The van der Waals surface area contributed by atoms with E-state index in [0.29, 0.717) is 16.6 Å². The van der Waals surface area contributed by atoms with Crippen LogP contribution in [0.2, 0.25) is 5.02 Å². The number of hydrogen-bond donors (Lipinski definition) is 2. The normalized spacial score (nSPS) is 24.3. The lowest BCUT2D eigenvalue weighted by Crippen LogP contribution is -2.53. The zero-order valence-corrected chi connectivity index (χ0v) is 12.3. The number of nitriles is 1. The number of aliphatic hydroxyl groups excluding tert-OH is 1. The standard InChI is InChI=1S/C14H16ClN3O2/c1-8(17-7-16)18-12-10-6-9(15)4-5-11(10)20-14(2,3)13(12)19/h4-6,12-13,19H,1-3H3,(H,17,18)/t12-,13+/m1/s1. The van der Waals surface area contributed by atoms with E-state index in [-0.39, 0.29) is 0 Å². The molecule has 6 heteroatoms. The molecule has 20 heavy (non-hydrogen) atoms. The highest BCUT2D eigenvalue weighted by Gasteiger charge is 2.43. The first-order chi connectivity index (χ1) is 9.35. The third-order valence-electron chi connectivity index (χ3n) is 3.29. The Morgan fingerprint density at radius 2 is 2.25 bits per heavy atom. The number of aliphatic hydroxyl groups is 1. The quantitative estimate of drug-likeness (QED) is 0.473. The summed E-state index contributed by atoms with van der Waals surface area (Å²) in [5.74, 6) is 1.09. The number of rotatable bonds is 1. The molecule has 2 N–H and O–H groups in total.